The highest BCUT2D eigenvalue weighted by atomic mass is 16.3. The third-order valence-electron chi connectivity index (χ3n) is 8.34. The molecule has 2 heterocycles. The van der Waals surface area contributed by atoms with Crippen molar-refractivity contribution in [2.75, 3.05) is 0 Å². The lowest BCUT2D eigenvalue weighted by Gasteiger charge is -2.14. The Bertz CT molecular complexity index is 2180. The van der Waals surface area contributed by atoms with Crippen molar-refractivity contribution in [3.05, 3.63) is 156 Å². The van der Waals surface area contributed by atoms with Gasteiger partial charge in [0.15, 0.2) is 0 Å². The normalized spacial score (nSPS) is 13.8. The number of allylic oxidation sites excluding steroid dienone is 8. The molecule has 0 amide bonds. The van der Waals surface area contributed by atoms with E-state index in [0.29, 0.717) is 0 Å². The average molecular weight is 601 g/mol. The second-order valence-electron chi connectivity index (χ2n) is 11.1. The van der Waals surface area contributed by atoms with Gasteiger partial charge >= 0.3 is 0 Å². The Labute approximate surface area is 271 Å². The highest BCUT2D eigenvalue weighted by molar-refractivity contribution is 6.10. The van der Waals surface area contributed by atoms with E-state index in [1.807, 2.05) is 19.9 Å². The first-order valence-corrected chi connectivity index (χ1v) is 16.2. The molecule has 1 aliphatic carbocycles. The zero-order valence-corrected chi connectivity index (χ0v) is 26.9. The van der Waals surface area contributed by atoms with Crippen LogP contribution in [0.1, 0.15) is 44.0 Å². The fourth-order valence-electron chi connectivity index (χ4n) is 6.32. The second-order valence-corrected chi connectivity index (χ2v) is 11.1. The molecule has 0 unspecified atom stereocenters. The molecule has 1 aliphatic rings. The smallest absolute Gasteiger partial charge is 0.143 e. The third kappa shape index (κ3) is 5.84. The molecule has 0 aliphatic heterocycles. The molecule has 0 saturated heterocycles. The summed E-state index contributed by atoms with van der Waals surface area (Å²) in [5.41, 5.74) is 11.5. The number of nitrogens with zero attached hydrogens (tertiary/aromatic N) is 2. The SMILES string of the molecule is C=N/C=C\C=C1\C=Cc2c(c3ccccc3n2-c2cccc(-c3cccc4c3oc3c(C/C=C\C=C/CC)cccc34)c2)C1.CC. The number of fused-ring (bicyclic) bond motifs is 6. The summed E-state index contributed by atoms with van der Waals surface area (Å²) in [5, 5.41) is 3.58. The molecule has 228 valence electrons. The van der Waals surface area contributed by atoms with Gasteiger partial charge in [-0.2, -0.15) is 0 Å². The van der Waals surface area contributed by atoms with Crippen molar-refractivity contribution in [1.29, 1.82) is 0 Å². The van der Waals surface area contributed by atoms with Crippen molar-refractivity contribution in [3.8, 4) is 16.8 Å². The van der Waals surface area contributed by atoms with Crippen LogP contribution in [0.25, 0.3) is 55.7 Å². The van der Waals surface area contributed by atoms with Crippen LogP contribution in [0.5, 0.6) is 0 Å². The Hall–Kier alpha value is -5.41. The molecule has 0 atom stereocenters. The molecule has 46 heavy (non-hydrogen) atoms. The van der Waals surface area contributed by atoms with Crippen molar-refractivity contribution in [2.45, 2.75) is 40.0 Å². The van der Waals surface area contributed by atoms with Gasteiger partial charge in [-0.15, -0.1) is 0 Å². The van der Waals surface area contributed by atoms with Crippen molar-refractivity contribution >= 4 is 45.6 Å². The topological polar surface area (TPSA) is 30.4 Å². The minimum atomic E-state index is 0.827. The summed E-state index contributed by atoms with van der Waals surface area (Å²) < 4.78 is 9.09. The van der Waals surface area contributed by atoms with E-state index in [1.54, 1.807) is 6.20 Å². The van der Waals surface area contributed by atoms with Crippen LogP contribution in [-0.4, -0.2) is 11.3 Å². The van der Waals surface area contributed by atoms with Crippen LogP contribution in [0.3, 0.4) is 0 Å². The minimum absolute atomic E-state index is 0.827. The number of furan rings is 1. The predicted octanol–water partition coefficient (Wildman–Crippen LogP) is 12.0. The van der Waals surface area contributed by atoms with Crippen LogP contribution in [-0.2, 0) is 12.8 Å². The summed E-state index contributed by atoms with van der Waals surface area (Å²) in [4.78, 5) is 3.83. The van der Waals surface area contributed by atoms with Gasteiger partial charge in [0.1, 0.15) is 11.2 Å². The highest BCUT2D eigenvalue weighted by Gasteiger charge is 2.20. The quantitative estimate of drug-likeness (QED) is 0.126. The van der Waals surface area contributed by atoms with Gasteiger partial charge in [0, 0.05) is 40.0 Å². The van der Waals surface area contributed by atoms with Gasteiger partial charge in [0.05, 0.1) is 11.2 Å². The predicted molar refractivity (Wildman–Crippen MR) is 199 cm³/mol. The number of aliphatic imine (C=N–C) groups is 1. The lowest BCUT2D eigenvalue weighted by atomic mass is 9.96. The van der Waals surface area contributed by atoms with E-state index < -0.39 is 0 Å². The molecule has 0 radical (unpaired) electrons. The first kappa shape index (κ1) is 30.6. The van der Waals surface area contributed by atoms with Gasteiger partial charge in [0.25, 0.3) is 0 Å². The van der Waals surface area contributed by atoms with Crippen molar-refractivity contribution in [3.63, 3.8) is 0 Å². The van der Waals surface area contributed by atoms with Gasteiger partial charge in [-0.3, -0.25) is 4.99 Å². The lowest BCUT2D eigenvalue weighted by molar-refractivity contribution is 0.665. The number of para-hydroxylation sites is 3. The Balaban J connectivity index is 0.00000182. The van der Waals surface area contributed by atoms with Gasteiger partial charge in [-0.05, 0) is 72.2 Å². The first-order chi connectivity index (χ1) is 22.8. The fraction of sp³-hybridized carbons (Fsp3) is 0.140. The molecular weight excluding hydrogens is 560 g/mol. The first-order valence-electron chi connectivity index (χ1n) is 16.2. The van der Waals surface area contributed by atoms with Crippen molar-refractivity contribution < 1.29 is 4.42 Å². The summed E-state index contributed by atoms with van der Waals surface area (Å²) in [5.74, 6) is 0. The third-order valence-corrected chi connectivity index (χ3v) is 8.34. The van der Waals surface area contributed by atoms with Gasteiger partial charge in [0.2, 0.25) is 0 Å². The Morgan fingerprint density at radius 1 is 0.804 bits per heavy atom. The molecule has 4 aromatic carbocycles. The summed E-state index contributed by atoms with van der Waals surface area (Å²) in [6, 6.07) is 30.5. The summed E-state index contributed by atoms with van der Waals surface area (Å²) in [7, 11) is 0. The number of rotatable bonds is 8. The molecule has 7 rings (SSSR count). The van der Waals surface area contributed by atoms with E-state index in [0.717, 1.165) is 58.0 Å². The molecule has 0 spiro atoms. The van der Waals surface area contributed by atoms with Crippen LogP contribution in [0.15, 0.2) is 149 Å². The Morgan fingerprint density at radius 2 is 1.57 bits per heavy atom. The van der Waals surface area contributed by atoms with Crippen LogP contribution in [0.4, 0.5) is 0 Å². The summed E-state index contributed by atoms with van der Waals surface area (Å²) >= 11 is 0. The zero-order valence-electron chi connectivity index (χ0n) is 26.9. The maximum atomic E-state index is 6.70. The molecule has 3 nitrogen and oxygen atoms in total. The minimum Gasteiger partial charge on any atom is -0.455 e. The maximum absolute atomic E-state index is 6.70. The molecule has 3 heteroatoms. The molecule has 0 N–H and O–H groups in total. The fourth-order valence-corrected chi connectivity index (χ4v) is 6.32. The van der Waals surface area contributed by atoms with Crippen LogP contribution in [0.2, 0.25) is 0 Å². The molecule has 0 fully saturated rings. The Kier molecular flexibility index (Phi) is 9.40. The van der Waals surface area contributed by atoms with Crippen LogP contribution in [0, 0.1) is 0 Å². The molecule has 6 aromatic rings. The average Bonchev–Trinajstić information content (AvgIpc) is 3.65. The monoisotopic (exact) mass is 600 g/mol. The van der Waals surface area contributed by atoms with Gasteiger partial charge < -0.3 is 8.98 Å². The van der Waals surface area contributed by atoms with E-state index >= 15 is 0 Å². The number of hydrogen-bond donors (Lipinski definition) is 0. The van der Waals surface area contributed by atoms with Crippen LogP contribution >= 0.6 is 0 Å². The second kappa shape index (κ2) is 14.1. The van der Waals surface area contributed by atoms with E-state index in [2.05, 4.69) is 151 Å². The number of benzene rings is 4. The van der Waals surface area contributed by atoms with E-state index in [9.17, 15) is 0 Å². The van der Waals surface area contributed by atoms with E-state index in [4.69, 9.17) is 4.42 Å². The van der Waals surface area contributed by atoms with Crippen molar-refractivity contribution in [2.24, 2.45) is 4.99 Å². The Morgan fingerprint density at radius 3 is 2.41 bits per heavy atom. The molecular formula is C43H40N2O. The summed E-state index contributed by atoms with van der Waals surface area (Å²) in [6.07, 6.45) is 21.5. The van der Waals surface area contributed by atoms with Crippen LogP contribution < -0.4 is 0 Å². The van der Waals surface area contributed by atoms with Gasteiger partial charge in [-0.25, -0.2) is 0 Å². The zero-order chi connectivity index (χ0) is 31.9. The summed E-state index contributed by atoms with van der Waals surface area (Å²) in [6.45, 7) is 9.69. The maximum Gasteiger partial charge on any atom is 0.143 e. The molecule has 0 bridgehead atoms. The highest BCUT2D eigenvalue weighted by Crippen LogP contribution is 2.39. The van der Waals surface area contributed by atoms with E-state index in [1.165, 1.54) is 33.3 Å². The molecule has 2 aromatic heterocycles. The number of aromatic nitrogens is 1. The molecule has 0 saturated carbocycles. The van der Waals surface area contributed by atoms with Gasteiger partial charge in [-0.1, -0.05) is 124 Å². The standard InChI is InChI=1S/C41H34N2O.C2H6/c1-3-4-5-6-7-15-30-16-11-21-35-36-22-12-20-33(41(36)44-40(30)35)31-17-10-18-32(28-31)43-38-23-9-8-19-34(38)37-27-29(14-13-26-42-2)24-25-39(37)43;1-2/h4-14,16-26,28H,2-3,15,27H2,1H3;1-2H3/b5-4-,7-6-,26-13-,29-14-;. The van der Waals surface area contributed by atoms with Crippen molar-refractivity contribution in [1.82, 2.24) is 4.57 Å². The largest absolute Gasteiger partial charge is 0.455 e. The van der Waals surface area contributed by atoms with E-state index in [-0.39, 0.29) is 0 Å². The lowest BCUT2D eigenvalue weighted by Crippen LogP contribution is -2.02. The number of hydrogen-bond acceptors (Lipinski definition) is 2.